The predicted octanol–water partition coefficient (Wildman–Crippen LogP) is 3.56. The van der Waals surface area contributed by atoms with Crippen LogP contribution in [0.1, 0.15) is 24.8 Å². The van der Waals surface area contributed by atoms with Gasteiger partial charge in [0, 0.05) is 23.9 Å². The quantitative estimate of drug-likeness (QED) is 0.424. The highest BCUT2D eigenvalue weighted by molar-refractivity contribution is 7.92. The normalized spacial score (nSPS) is 12.1. The zero-order valence-corrected chi connectivity index (χ0v) is 17.1. The number of unbranched alkanes of at least 4 members (excludes halogenated alkanes) is 1. The molecule has 2 aromatic carbocycles. The summed E-state index contributed by atoms with van der Waals surface area (Å²) in [6, 6.07) is 9.07. The molecule has 3 rings (SSSR count). The SMILES string of the molecule is COC(=O)CCCC#Cc1cc(Cl)ccc1NS(=O)(=O)c1ccc2c(c1)OCO2. The number of fused-ring (bicyclic) bond motifs is 1. The molecular weight excluding hydrogens is 418 g/mol. The molecule has 152 valence electrons. The lowest BCUT2D eigenvalue weighted by Crippen LogP contribution is -2.13. The molecule has 0 radical (unpaired) electrons. The standard InChI is InChI=1S/C20H18ClNO6S/c1-26-20(23)6-4-2-3-5-14-11-15(21)7-9-17(14)22-29(24,25)16-8-10-18-19(12-16)28-13-27-18/h7-12,22H,2,4,6,13H2,1H3. The van der Waals surface area contributed by atoms with E-state index >= 15 is 0 Å². The molecule has 9 heteroatoms. The molecule has 1 N–H and O–H groups in total. The van der Waals surface area contributed by atoms with Crippen LogP contribution in [-0.2, 0) is 19.6 Å². The van der Waals surface area contributed by atoms with Crippen molar-refractivity contribution in [3.8, 4) is 23.3 Å². The van der Waals surface area contributed by atoms with Gasteiger partial charge in [-0.05, 0) is 36.8 Å². The average molecular weight is 436 g/mol. The minimum absolute atomic E-state index is 0.0358. The molecule has 1 aliphatic heterocycles. The first-order valence-corrected chi connectivity index (χ1v) is 10.5. The average Bonchev–Trinajstić information content (AvgIpc) is 3.17. The van der Waals surface area contributed by atoms with Crippen LogP contribution in [-0.4, -0.2) is 28.3 Å². The van der Waals surface area contributed by atoms with Crippen molar-refractivity contribution in [1.82, 2.24) is 0 Å². The van der Waals surface area contributed by atoms with E-state index in [2.05, 4.69) is 21.3 Å². The van der Waals surface area contributed by atoms with E-state index in [9.17, 15) is 13.2 Å². The fraction of sp³-hybridized carbons (Fsp3) is 0.250. The largest absolute Gasteiger partial charge is 0.469 e. The van der Waals surface area contributed by atoms with Crippen molar-refractivity contribution >= 4 is 33.3 Å². The molecule has 0 spiro atoms. The maximum atomic E-state index is 12.8. The Hall–Kier alpha value is -2.89. The van der Waals surface area contributed by atoms with Crippen LogP contribution in [0.3, 0.4) is 0 Å². The number of benzene rings is 2. The monoisotopic (exact) mass is 435 g/mol. The number of sulfonamides is 1. The Labute approximate surface area is 174 Å². The number of anilines is 1. The van der Waals surface area contributed by atoms with Crippen LogP contribution >= 0.6 is 11.6 Å². The third kappa shape index (κ3) is 5.34. The highest BCUT2D eigenvalue weighted by atomic mass is 35.5. The van der Waals surface area contributed by atoms with Gasteiger partial charge in [-0.25, -0.2) is 8.42 Å². The number of methoxy groups -OCH3 is 1. The molecule has 0 unspecified atom stereocenters. The predicted molar refractivity (Wildman–Crippen MR) is 108 cm³/mol. The van der Waals surface area contributed by atoms with Gasteiger partial charge < -0.3 is 14.2 Å². The van der Waals surface area contributed by atoms with Crippen molar-refractivity contribution in [2.75, 3.05) is 18.6 Å². The van der Waals surface area contributed by atoms with E-state index in [1.54, 1.807) is 24.3 Å². The van der Waals surface area contributed by atoms with E-state index in [0.717, 1.165) is 0 Å². The second kappa shape index (κ2) is 9.07. The summed E-state index contributed by atoms with van der Waals surface area (Å²) in [7, 11) is -2.55. The molecule has 0 saturated heterocycles. The van der Waals surface area contributed by atoms with E-state index in [-0.39, 0.29) is 24.1 Å². The van der Waals surface area contributed by atoms with E-state index in [0.29, 0.717) is 40.6 Å². The zero-order chi connectivity index (χ0) is 20.9. The molecule has 0 saturated carbocycles. The van der Waals surface area contributed by atoms with Gasteiger partial charge in [0.15, 0.2) is 11.5 Å². The van der Waals surface area contributed by atoms with Gasteiger partial charge in [0.1, 0.15) is 0 Å². The van der Waals surface area contributed by atoms with Gasteiger partial charge in [-0.3, -0.25) is 9.52 Å². The molecule has 0 atom stereocenters. The van der Waals surface area contributed by atoms with Gasteiger partial charge in [-0.2, -0.15) is 0 Å². The fourth-order valence-corrected chi connectivity index (χ4v) is 3.80. The highest BCUT2D eigenvalue weighted by Gasteiger charge is 2.21. The molecule has 29 heavy (non-hydrogen) atoms. The molecule has 2 aromatic rings. The Kier molecular flexibility index (Phi) is 6.52. The van der Waals surface area contributed by atoms with E-state index < -0.39 is 10.0 Å². The Morgan fingerprint density at radius 2 is 2.00 bits per heavy atom. The first-order valence-electron chi connectivity index (χ1n) is 8.67. The number of hydrogen-bond acceptors (Lipinski definition) is 6. The third-order valence-corrected chi connectivity index (χ3v) is 5.61. The second-order valence-corrected chi connectivity index (χ2v) is 8.16. The molecule has 0 aliphatic carbocycles. The molecule has 0 amide bonds. The summed E-state index contributed by atoms with van der Waals surface area (Å²) < 4.78 is 43.1. The van der Waals surface area contributed by atoms with Crippen LogP contribution in [0.4, 0.5) is 5.69 Å². The van der Waals surface area contributed by atoms with Crippen LogP contribution in [0, 0.1) is 11.8 Å². The van der Waals surface area contributed by atoms with Gasteiger partial charge in [0.25, 0.3) is 10.0 Å². The summed E-state index contributed by atoms with van der Waals surface area (Å²) in [5, 5.41) is 0.426. The number of esters is 1. The summed E-state index contributed by atoms with van der Waals surface area (Å²) >= 11 is 6.03. The van der Waals surface area contributed by atoms with Gasteiger partial charge in [0.05, 0.1) is 23.3 Å². The summed E-state index contributed by atoms with van der Waals surface area (Å²) in [5.41, 5.74) is 0.729. The minimum Gasteiger partial charge on any atom is -0.469 e. The Bertz CT molecular complexity index is 1090. The molecule has 1 heterocycles. The molecule has 0 aromatic heterocycles. The smallest absolute Gasteiger partial charge is 0.305 e. The summed E-state index contributed by atoms with van der Waals surface area (Å²) in [6.45, 7) is 0.0547. The molecule has 0 bridgehead atoms. The van der Waals surface area contributed by atoms with E-state index in [1.807, 2.05) is 0 Å². The number of nitrogens with one attached hydrogen (secondary N) is 1. The number of carbonyl (C=O) groups excluding carboxylic acids is 1. The van der Waals surface area contributed by atoms with Crippen LogP contribution in [0.25, 0.3) is 0 Å². The lowest BCUT2D eigenvalue weighted by molar-refractivity contribution is -0.140. The molecule has 1 aliphatic rings. The Morgan fingerprint density at radius 3 is 2.79 bits per heavy atom. The number of ether oxygens (including phenoxy) is 3. The van der Waals surface area contributed by atoms with E-state index in [4.69, 9.17) is 21.1 Å². The maximum absolute atomic E-state index is 12.8. The number of carbonyl (C=O) groups is 1. The van der Waals surface area contributed by atoms with Crippen LogP contribution < -0.4 is 14.2 Å². The lowest BCUT2D eigenvalue weighted by atomic mass is 10.1. The van der Waals surface area contributed by atoms with E-state index in [1.165, 1.54) is 19.2 Å². The van der Waals surface area contributed by atoms with Gasteiger partial charge >= 0.3 is 5.97 Å². The molecule has 0 fully saturated rings. The molecule has 7 nitrogen and oxygen atoms in total. The van der Waals surface area contributed by atoms with Crippen molar-refractivity contribution in [3.05, 3.63) is 47.0 Å². The number of rotatable bonds is 6. The van der Waals surface area contributed by atoms with Crippen molar-refractivity contribution in [3.63, 3.8) is 0 Å². The summed E-state index contributed by atoms with van der Waals surface area (Å²) in [5.74, 6) is 6.39. The van der Waals surface area contributed by atoms with Gasteiger partial charge in [0.2, 0.25) is 6.79 Å². The topological polar surface area (TPSA) is 90.9 Å². The second-order valence-electron chi connectivity index (χ2n) is 6.04. The first-order chi connectivity index (χ1) is 13.9. The van der Waals surface area contributed by atoms with Crippen molar-refractivity contribution < 1.29 is 27.4 Å². The van der Waals surface area contributed by atoms with Gasteiger partial charge in [-0.15, -0.1) is 0 Å². The maximum Gasteiger partial charge on any atom is 0.305 e. The summed E-state index contributed by atoms with van der Waals surface area (Å²) in [4.78, 5) is 11.2. The lowest BCUT2D eigenvalue weighted by Gasteiger charge is -2.11. The Morgan fingerprint density at radius 1 is 1.21 bits per heavy atom. The molecular formula is C20H18ClNO6S. The first kappa shape index (κ1) is 20.8. The Balaban J connectivity index is 1.78. The van der Waals surface area contributed by atoms with Crippen molar-refractivity contribution in [2.24, 2.45) is 0 Å². The number of halogens is 1. The van der Waals surface area contributed by atoms with Gasteiger partial charge in [-0.1, -0.05) is 23.4 Å². The minimum atomic E-state index is -3.88. The van der Waals surface area contributed by atoms with Crippen molar-refractivity contribution in [1.29, 1.82) is 0 Å². The van der Waals surface area contributed by atoms with Crippen LogP contribution in [0.15, 0.2) is 41.3 Å². The van der Waals surface area contributed by atoms with Crippen LogP contribution in [0.2, 0.25) is 5.02 Å². The zero-order valence-electron chi connectivity index (χ0n) is 15.5. The van der Waals surface area contributed by atoms with Crippen molar-refractivity contribution in [2.45, 2.75) is 24.2 Å². The van der Waals surface area contributed by atoms with Crippen LogP contribution in [0.5, 0.6) is 11.5 Å². The highest BCUT2D eigenvalue weighted by Crippen LogP contribution is 2.34. The third-order valence-electron chi connectivity index (χ3n) is 4.01. The fourth-order valence-electron chi connectivity index (χ4n) is 2.54. The summed E-state index contributed by atoms with van der Waals surface area (Å²) in [6.07, 6.45) is 1.26. The number of hydrogen-bond donors (Lipinski definition) is 1.